The summed E-state index contributed by atoms with van der Waals surface area (Å²) in [5.41, 5.74) is 5.04. The largest absolute Gasteiger partial charge is 0.378 e. The molecule has 3 aromatic rings. The summed E-state index contributed by atoms with van der Waals surface area (Å²) >= 11 is 0. The first-order valence-electron chi connectivity index (χ1n) is 11.7. The van der Waals surface area contributed by atoms with Crippen molar-refractivity contribution in [3.8, 4) is 0 Å². The molecule has 0 saturated carbocycles. The predicted octanol–water partition coefficient (Wildman–Crippen LogP) is 3.54. The number of hydrogen-bond donors (Lipinski definition) is 1. The fourth-order valence-electron chi connectivity index (χ4n) is 5.17. The zero-order chi connectivity index (χ0) is 22.1. The summed E-state index contributed by atoms with van der Waals surface area (Å²) in [7, 11) is 0. The number of aromatic nitrogens is 2. The maximum absolute atomic E-state index is 13.5. The van der Waals surface area contributed by atoms with Crippen LogP contribution < -0.4 is 5.32 Å². The molecule has 0 unspecified atom stereocenters. The minimum absolute atomic E-state index is 0.159. The second-order valence-corrected chi connectivity index (χ2v) is 9.42. The van der Waals surface area contributed by atoms with Crippen molar-refractivity contribution in [3.05, 3.63) is 65.6 Å². The third-order valence-electron chi connectivity index (χ3n) is 6.65. The van der Waals surface area contributed by atoms with Crippen LogP contribution in [0.5, 0.6) is 0 Å². The van der Waals surface area contributed by atoms with Crippen LogP contribution in [-0.2, 0) is 22.5 Å². The average molecular weight is 433 g/mol. The van der Waals surface area contributed by atoms with Crippen LogP contribution in [0.15, 0.2) is 48.9 Å². The molecule has 6 nitrogen and oxygen atoms in total. The van der Waals surface area contributed by atoms with Gasteiger partial charge in [0.2, 0.25) is 5.91 Å². The van der Waals surface area contributed by atoms with E-state index in [-0.39, 0.29) is 18.0 Å². The van der Waals surface area contributed by atoms with Crippen molar-refractivity contribution in [1.29, 1.82) is 0 Å². The molecule has 32 heavy (non-hydrogen) atoms. The van der Waals surface area contributed by atoms with Gasteiger partial charge in [0.05, 0.1) is 19.3 Å². The first-order chi connectivity index (χ1) is 15.6. The van der Waals surface area contributed by atoms with Crippen molar-refractivity contribution in [2.75, 3.05) is 26.3 Å². The first-order valence-corrected chi connectivity index (χ1v) is 11.7. The number of carbonyl (C=O) groups excluding carboxylic acids is 1. The molecule has 0 aliphatic carbocycles. The van der Waals surface area contributed by atoms with Crippen LogP contribution in [-0.4, -0.2) is 52.7 Å². The van der Waals surface area contributed by atoms with Gasteiger partial charge >= 0.3 is 0 Å². The Kier molecular flexibility index (Phi) is 5.98. The predicted molar refractivity (Wildman–Crippen MR) is 125 cm³/mol. The number of nitrogens with one attached hydrogen (secondary N) is 1. The van der Waals surface area contributed by atoms with Crippen LogP contribution in [0, 0.1) is 5.92 Å². The Balaban J connectivity index is 1.55. The number of ether oxygens (including phenoxy) is 1. The topological polar surface area (TPSA) is 59.4 Å². The van der Waals surface area contributed by atoms with Gasteiger partial charge in [-0.3, -0.25) is 15.1 Å². The summed E-state index contributed by atoms with van der Waals surface area (Å²) < 4.78 is 7.80. The molecule has 1 aromatic carbocycles. The van der Waals surface area contributed by atoms with Crippen molar-refractivity contribution in [2.45, 2.75) is 45.3 Å². The van der Waals surface area contributed by atoms with E-state index in [1.165, 1.54) is 27.6 Å². The number of carbonyl (C=O) groups is 1. The molecule has 0 spiro atoms. The molecule has 2 aromatic heterocycles. The zero-order valence-corrected chi connectivity index (χ0v) is 19.0. The van der Waals surface area contributed by atoms with Gasteiger partial charge in [-0.15, -0.1) is 0 Å². The molecule has 168 valence electrons. The minimum atomic E-state index is -0.218. The lowest BCUT2D eigenvalue weighted by atomic mass is 9.94. The number of nitrogens with zero attached hydrogens (tertiary/aromatic N) is 3. The number of amides is 1. The summed E-state index contributed by atoms with van der Waals surface area (Å²) in [5.74, 6) is 0.729. The van der Waals surface area contributed by atoms with Crippen LogP contribution >= 0.6 is 0 Å². The molecule has 5 rings (SSSR count). The average Bonchev–Trinajstić information content (AvgIpc) is 3.07. The Hall–Kier alpha value is -2.70. The van der Waals surface area contributed by atoms with Gasteiger partial charge in [0.1, 0.15) is 0 Å². The van der Waals surface area contributed by atoms with E-state index < -0.39 is 0 Å². The molecular weight excluding hydrogens is 400 g/mol. The molecule has 1 N–H and O–H groups in total. The lowest BCUT2D eigenvalue weighted by Gasteiger charge is -2.32. The van der Waals surface area contributed by atoms with Crippen LogP contribution in [0.1, 0.15) is 43.0 Å². The molecular formula is C26H32N4O2. The van der Waals surface area contributed by atoms with E-state index in [0.29, 0.717) is 38.6 Å². The standard InChI is InChI=1S/C26H32N4O2/c1-18(2)14-22-21-4-3-5-24-25(21)20(17-30(24)16-19-6-8-27-9-7-19)15-23(28-22)26(31)29-10-12-32-13-11-29/h3-9,17-18,22-23,28H,10-16H2,1-2H3/t22-,23-/m0/s1. The normalized spacial score (nSPS) is 21.2. The third-order valence-corrected chi connectivity index (χ3v) is 6.65. The highest BCUT2D eigenvalue weighted by Gasteiger charge is 2.33. The van der Waals surface area contributed by atoms with Gasteiger partial charge in [0.25, 0.3) is 0 Å². The number of pyridine rings is 1. The van der Waals surface area contributed by atoms with Crippen molar-refractivity contribution in [3.63, 3.8) is 0 Å². The molecule has 1 amide bonds. The number of morpholine rings is 1. The van der Waals surface area contributed by atoms with E-state index in [4.69, 9.17) is 4.74 Å². The minimum Gasteiger partial charge on any atom is -0.378 e. The lowest BCUT2D eigenvalue weighted by molar-refractivity contribution is -0.137. The van der Waals surface area contributed by atoms with Crippen molar-refractivity contribution >= 4 is 16.8 Å². The molecule has 6 heteroatoms. The summed E-state index contributed by atoms with van der Waals surface area (Å²) in [4.78, 5) is 19.6. The van der Waals surface area contributed by atoms with Crippen molar-refractivity contribution < 1.29 is 9.53 Å². The highest BCUT2D eigenvalue weighted by Crippen LogP contribution is 2.36. The van der Waals surface area contributed by atoms with E-state index in [9.17, 15) is 4.79 Å². The second-order valence-electron chi connectivity index (χ2n) is 9.42. The van der Waals surface area contributed by atoms with E-state index in [0.717, 1.165) is 13.0 Å². The second kappa shape index (κ2) is 9.04. The SMILES string of the molecule is CC(C)C[C@@H]1N[C@H](C(=O)N2CCOCC2)Cc2cn(Cc3ccncc3)c3cccc1c23. The van der Waals surface area contributed by atoms with Crippen LogP contribution in [0.3, 0.4) is 0 Å². The fraction of sp³-hybridized carbons (Fsp3) is 0.462. The lowest BCUT2D eigenvalue weighted by Crippen LogP contribution is -2.51. The van der Waals surface area contributed by atoms with Crippen molar-refractivity contribution in [2.24, 2.45) is 5.92 Å². The van der Waals surface area contributed by atoms with E-state index in [1.807, 2.05) is 17.3 Å². The fourth-order valence-corrected chi connectivity index (χ4v) is 5.17. The third kappa shape index (κ3) is 4.17. The highest BCUT2D eigenvalue weighted by atomic mass is 16.5. The summed E-state index contributed by atoms with van der Waals surface area (Å²) in [6, 6.07) is 10.7. The molecule has 2 aliphatic rings. The van der Waals surface area contributed by atoms with E-state index >= 15 is 0 Å². The molecule has 2 atom stereocenters. The van der Waals surface area contributed by atoms with Crippen LogP contribution in [0.4, 0.5) is 0 Å². The zero-order valence-electron chi connectivity index (χ0n) is 19.0. The van der Waals surface area contributed by atoms with Gasteiger partial charge in [0.15, 0.2) is 0 Å². The molecule has 4 heterocycles. The molecule has 0 bridgehead atoms. The summed E-state index contributed by atoms with van der Waals surface area (Å²) in [5, 5.41) is 5.07. The Morgan fingerprint density at radius 3 is 2.72 bits per heavy atom. The van der Waals surface area contributed by atoms with Gasteiger partial charge in [0, 0.05) is 55.2 Å². The summed E-state index contributed by atoms with van der Waals surface area (Å²) in [6.45, 7) is 7.91. The van der Waals surface area contributed by atoms with Crippen molar-refractivity contribution in [1.82, 2.24) is 19.8 Å². The van der Waals surface area contributed by atoms with Crippen LogP contribution in [0.25, 0.3) is 10.9 Å². The Bertz CT molecular complexity index is 1090. The molecule has 1 saturated heterocycles. The Labute approximate surface area is 189 Å². The van der Waals surface area contributed by atoms with Gasteiger partial charge in [-0.25, -0.2) is 0 Å². The smallest absolute Gasteiger partial charge is 0.240 e. The quantitative estimate of drug-likeness (QED) is 0.670. The maximum atomic E-state index is 13.5. The van der Waals surface area contributed by atoms with Gasteiger partial charge in [-0.05, 0) is 53.6 Å². The number of benzene rings is 1. The summed E-state index contributed by atoms with van der Waals surface area (Å²) in [6.07, 6.45) is 7.66. The van der Waals surface area contributed by atoms with Crippen LogP contribution in [0.2, 0.25) is 0 Å². The van der Waals surface area contributed by atoms with E-state index in [1.54, 1.807) is 0 Å². The Morgan fingerprint density at radius 2 is 1.97 bits per heavy atom. The highest BCUT2D eigenvalue weighted by molar-refractivity contribution is 5.90. The molecule has 1 fully saturated rings. The van der Waals surface area contributed by atoms with E-state index in [2.05, 4.69) is 65.2 Å². The van der Waals surface area contributed by atoms with Gasteiger partial charge < -0.3 is 14.2 Å². The Morgan fingerprint density at radius 1 is 1.19 bits per heavy atom. The molecule has 0 radical (unpaired) electrons. The number of rotatable bonds is 5. The maximum Gasteiger partial charge on any atom is 0.240 e. The first kappa shape index (κ1) is 21.2. The van der Waals surface area contributed by atoms with Gasteiger partial charge in [-0.2, -0.15) is 0 Å². The molecule has 2 aliphatic heterocycles. The van der Waals surface area contributed by atoms with Gasteiger partial charge in [-0.1, -0.05) is 26.0 Å². The number of hydrogen-bond acceptors (Lipinski definition) is 4. The monoisotopic (exact) mass is 432 g/mol.